The molecule has 1 aromatic carbocycles. The topological polar surface area (TPSA) is 37.8 Å². The van der Waals surface area contributed by atoms with Gasteiger partial charge in [-0.2, -0.15) is 0 Å². The highest BCUT2D eigenvalue weighted by atomic mass is 35.5. The summed E-state index contributed by atoms with van der Waals surface area (Å²) in [6.07, 6.45) is 3.34. The van der Waals surface area contributed by atoms with Gasteiger partial charge < -0.3 is 5.32 Å². The second kappa shape index (κ2) is 6.08. The zero-order valence-electron chi connectivity index (χ0n) is 10.8. The quantitative estimate of drug-likeness (QED) is 0.933. The number of aromatic nitrogens is 2. The Balaban J connectivity index is 2.41. The van der Waals surface area contributed by atoms with Gasteiger partial charge in [0.2, 0.25) is 0 Å². The maximum atomic E-state index is 14.0. The summed E-state index contributed by atoms with van der Waals surface area (Å²) in [6, 6.07) is 4.33. The first-order chi connectivity index (χ1) is 9.11. The van der Waals surface area contributed by atoms with Gasteiger partial charge in [0.1, 0.15) is 5.82 Å². The third kappa shape index (κ3) is 3.28. The summed E-state index contributed by atoms with van der Waals surface area (Å²) in [5.41, 5.74) is 2.04. The van der Waals surface area contributed by atoms with Crippen molar-refractivity contribution in [2.45, 2.75) is 19.9 Å². The molecule has 19 heavy (non-hydrogen) atoms. The molecule has 0 spiro atoms. The normalized spacial score (nSPS) is 12.4. The number of nitrogens with one attached hydrogen (secondary N) is 1. The predicted molar refractivity (Wildman–Crippen MR) is 73.7 cm³/mol. The monoisotopic (exact) mass is 279 g/mol. The molecule has 0 fully saturated rings. The van der Waals surface area contributed by atoms with Crippen LogP contribution in [0, 0.1) is 12.7 Å². The fourth-order valence-electron chi connectivity index (χ4n) is 1.87. The minimum atomic E-state index is -0.346. The largest absolute Gasteiger partial charge is 0.305 e. The Morgan fingerprint density at radius 3 is 2.68 bits per heavy atom. The summed E-state index contributed by atoms with van der Waals surface area (Å²) in [6.45, 7) is 4.52. The van der Waals surface area contributed by atoms with Crippen molar-refractivity contribution in [1.29, 1.82) is 0 Å². The van der Waals surface area contributed by atoms with Crippen LogP contribution in [0.3, 0.4) is 0 Å². The van der Waals surface area contributed by atoms with Gasteiger partial charge in [-0.3, -0.25) is 9.97 Å². The van der Waals surface area contributed by atoms with Gasteiger partial charge in [0.05, 0.1) is 23.6 Å². The van der Waals surface area contributed by atoms with E-state index in [1.54, 1.807) is 24.5 Å². The summed E-state index contributed by atoms with van der Waals surface area (Å²) < 4.78 is 14.0. The maximum absolute atomic E-state index is 14.0. The van der Waals surface area contributed by atoms with E-state index in [9.17, 15) is 4.39 Å². The van der Waals surface area contributed by atoms with E-state index >= 15 is 0 Å². The minimum Gasteiger partial charge on any atom is -0.305 e. The van der Waals surface area contributed by atoms with E-state index in [0.717, 1.165) is 5.69 Å². The average molecular weight is 280 g/mol. The lowest BCUT2D eigenvalue weighted by Gasteiger charge is -2.18. The molecule has 3 nitrogen and oxygen atoms in total. The van der Waals surface area contributed by atoms with Crippen molar-refractivity contribution < 1.29 is 4.39 Å². The van der Waals surface area contributed by atoms with Gasteiger partial charge in [0.15, 0.2) is 0 Å². The molecule has 1 heterocycles. The molecule has 0 saturated carbocycles. The van der Waals surface area contributed by atoms with E-state index in [0.29, 0.717) is 22.8 Å². The van der Waals surface area contributed by atoms with Crippen LogP contribution in [0.15, 0.2) is 30.6 Å². The Labute approximate surface area is 116 Å². The Bertz CT molecular complexity index is 557. The summed E-state index contributed by atoms with van der Waals surface area (Å²) in [5, 5.41) is 3.59. The molecule has 0 saturated heterocycles. The van der Waals surface area contributed by atoms with Crippen molar-refractivity contribution in [3.05, 3.63) is 58.4 Å². The molecule has 100 valence electrons. The molecule has 1 aromatic heterocycles. The predicted octanol–water partition coefficient (Wildman–Crippen LogP) is 3.28. The second-order valence-corrected chi connectivity index (χ2v) is 4.68. The highest BCUT2D eigenvalue weighted by molar-refractivity contribution is 6.30. The molecule has 0 aliphatic heterocycles. The number of nitrogens with zero attached hydrogens (tertiary/aromatic N) is 2. The van der Waals surface area contributed by atoms with E-state index in [2.05, 4.69) is 15.3 Å². The SMILES string of the molecule is CCNC(c1cnc(C)cn1)c1ccc(Cl)cc1F. The molecule has 1 unspecified atom stereocenters. The molecule has 2 rings (SSSR count). The van der Waals surface area contributed by atoms with Crippen LogP contribution in [0.25, 0.3) is 0 Å². The van der Waals surface area contributed by atoms with Crippen molar-refractivity contribution in [3.8, 4) is 0 Å². The Morgan fingerprint density at radius 2 is 2.11 bits per heavy atom. The van der Waals surface area contributed by atoms with Gasteiger partial charge in [-0.05, 0) is 25.6 Å². The van der Waals surface area contributed by atoms with Crippen LogP contribution in [0.5, 0.6) is 0 Å². The molecule has 0 aliphatic rings. The summed E-state index contributed by atoms with van der Waals surface area (Å²) in [4.78, 5) is 8.52. The molecule has 0 amide bonds. The van der Waals surface area contributed by atoms with Crippen LogP contribution in [-0.2, 0) is 0 Å². The highest BCUT2D eigenvalue weighted by Gasteiger charge is 2.18. The van der Waals surface area contributed by atoms with Gasteiger partial charge in [-0.15, -0.1) is 0 Å². The molecule has 0 aliphatic carbocycles. The van der Waals surface area contributed by atoms with Gasteiger partial charge in [0, 0.05) is 16.8 Å². The van der Waals surface area contributed by atoms with Crippen LogP contribution in [0.4, 0.5) is 4.39 Å². The van der Waals surface area contributed by atoms with Crippen molar-refractivity contribution >= 4 is 11.6 Å². The van der Waals surface area contributed by atoms with Gasteiger partial charge in [-0.1, -0.05) is 24.6 Å². The standard InChI is InChI=1S/C14H15ClFN3/c1-3-17-14(13-8-18-9(2)7-19-13)11-5-4-10(15)6-12(11)16/h4-8,14,17H,3H2,1-2H3. The molecule has 5 heteroatoms. The van der Waals surface area contributed by atoms with Gasteiger partial charge in [-0.25, -0.2) is 4.39 Å². The van der Waals surface area contributed by atoms with Crippen molar-refractivity contribution in [1.82, 2.24) is 15.3 Å². The Hall–Kier alpha value is -1.52. The van der Waals surface area contributed by atoms with Crippen molar-refractivity contribution in [2.75, 3.05) is 6.54 Å². The van der Waals surface area contributed by atoms with Crippen LogP contribution < -0.4 is 5.32 Å². The number of hydrogen-bond donors (Lipinski definition) is 1. The van der Waals surface area contributed by atoms with Gasteiger partial charge in [0.25, 0.3) is 0 Å². The summed E-state index contributed by atoms with van der Waals surface area (Å²) >= 11 is 5.78. The number of rotatable bonds is 4. The number of benzene rings is 1. The Morgan fingerprint density at radius 1 is 1.32 bits per heavy atom. The van der Waals surface area contributed by atoms with E-state index in [1.807, 2.05) is 13.8 Å². The average Bonchev–Trinajstić information content (AvgIpc) is 2.38. The van der Waals surface area contributed by atoms with Crippen LogP contribution in [0.2, 0.25) is 5.02 Å². The van der Waals surface area contributed by atoms with Crippen molar-refractivity contribution in [2.24, 2.45) is 0 Å². The highest BCUT2D eigenvalue weighted by Crippen LogP contribution is 2.25. The molecule has 0 radical (unpaired) electrons. The lowest BCUT2D eigenvalue weighted by Crippen LogP contribution is -2.24. The summed E-state index contributed by atoms with van der Waals surface area (Å²) in [7, 11) is 0. The van der Waals surface area contributed by atoms with Crippen LogP contribution in [0.1, 0.15) is 29.9 Å². The van der Waals surface area contributed by atoms with Crippen molar-refractivity contribution in [3.63, 3.8) is 0 Å². The van der Waals surface area contributed by atoms with Crippen LogP contribution >= 0.6 is 11.6 Å². The first-order valence-corrected chi connectivity index (χ1v) is 6.46. The third-order valence-electron chi connectivity index (χ3n) is 2.78. The summed E-state index contributed by atoms with van der Waals surface area (Å²) in [5.74, 6) is -0.346. The second-order valence-electron chi connectivity index (χ2n) is 4.24. The molecule has 2 aromatic rings. The fraction of sp³-hybridized carbons (Fsp3) is 0.286. The maximum Gasteiger partial charge on any atom is 0.129 e. The smallest absolute Gasteiger partial charge is 0.129 e. The van der Waals surface area contributed by atoms with Crippen LogP contribution in [-0.4, -0.2) is 16.5 Å². The first-order valence-electron chi connectivity index (χ1n) is 6.08. The Kier molecular flexibility index (Phi) is 4.45. The number of halogens is 2. The first kappa shape index (κ1) is 13.9. The minimum absolute atomic E-state index is 0.324. The van der Waals surface area contributed by atoms with E-state index in [-0.39, 0.29) is 11.9 Å². The van der Waals surface area contributed by atoms with E-state index < -0.39 is 0 Å². The molecular weight excluding hydrogens is 265 g/mol. The molecule has 0 bridgehead atoms. The number of hydrogen-bond acceptors (Lipinski definition) is 3. The zero-order valence-corrected chi connectivity index (χ0v) is 11.6. The third-order valence-corrected chi connectivity index (χ3v) is 3.01. The van der Waals surface area contributed by atoms with Gasteiger partial charge >= 0.3 is 0 Å². The van der Waals surface area contributed by atoms with E-state index in [1.165, 1.54) is 6.07 Å². The lowest BCUT2D eigenvalue weighted by atomic mass is 10.0. The lowest BCUT2D eigenvalue weighted by molar-refractivity contribution is 0.550. The van der Waals surface area contributed by atoms with E-state index in [4.69, 9.17) is 11.6 Å². The molecule has 1 atom stereocenters. The number of aryl methyl sites for hydroxylation is 1. The molecule has 1 N–H and O–H groups in total. The molecular formula is C14H15ClFN3. The zero-order chi connectivity index (χ0) is 13.8. The fourth-order valence-corrected chi connectivity index (χ4v) is 2.02.